The van der Waals surface area contributed by atoms with Gasteiger partial charge in [0.15, 0.2) is 11.5 Å². The molecule has 1 aliphatic rings. The summed E-state index contributed by atoms with van der Waals surface area (Å²) in [6.45, 7) is 5.46. The number of nitrogens with one attached hydrogen (secondary N) is 5. The molecular formula is C28H33F3N8O7. The first-order valence-corrected chi connectivity index (χ1v) is 14.2. The monoisotopic (exact) mass is 650 g/mol. The third-order valence-corrected chi connectivity index (χ3v) is 7.15. The molecule has 0 saturated heterocycles. The molecule has 5 amide bonds. The maximum absolute atomic E-state index is 13.6. The van der Waals surface area contributed by atoms with E-state index in [1.54, 1.807) is 13.8 Å². The zero-order valence-corrected chi connectivity index (χ0v) is 25.2. The van der Waals surface area contributed by atoms with Gasteiger partial charge in [0.25, 0.3) is 11.8 Å². The van der Waals surface area contributed by atoms with Crippen molar-refractivity contribution in [2.75, 3.05) is 13.1 Å². The second kappa shape index (κ2) is 13.6. The van der Waals surface area contributed by atoms with Crippen molar-refractivity contribution in [2.45, 2.75) is 64.6 Å². The fourth-order valence-electron chi connectivity index (χ4n) is 4.62. The second-order valence-corrected chi connectivity index (χ2v) is 11.2. The third kappa shape index (κ3) is 7.79. The first kappa shape index (κ1) is 33.9. The first-order valence-electron chi connectivity index (χ1n) is 14.2. The molecule has 0 fully saturated rings. The highest BCUT2D eigenvalue weighted by Gasteiger charge is 2.35. The number of alkyl halides is 3. The molecule has 15 nitrogen and oxygen atoms in total. The number of benzene rings is 1. The number of nitrogens with zero attached hydrogens (tertiary/aromatic N) is 3. The summed E-state index contributed by atoms with van der Waals surface area (Å²) in [6, 6.07) is 1.25. The Morgan fingerprint density at radius 1 is 1.02 bits per heavy atom. The number of hydrogen-bond acceptors (Lipinski definition) is 9. The van der Waals surface area contributed by atoms with Gasteiger partial charge in [-0.15, -0.1) is 0 Å². The fourth-order valence-corrected chi connectivity index (χ4v) is 4.62. The van der Waals surface area contributed by atoms with Crippen LogP contribution in [0.1, 0.15) is 60.1 Å². The highest BCUT2D eigenvalue weighted by atomic mass is 19.4. The number of halogens is 3. The van der Waals surface area contributed by atoms with E-state index in [1.807, 2.05) is 0 Å². The third-order valence-electron chi connectivity index (χ3n) is 7.15. The number of carbonyl (C=O) groups is 5. The summed E-state index contributed by atoms with van der Waals surface area (Å²) in [5.41, 5.74) is -0.350. The van der Waals surface area contributed by atoms with Crippen molar-refractivity contribution in [1.82, 2.24) is 41.3 Å². The lowest BCUT2D eigenvalue weighted by Crippen LogP contribution is -2.58. The maximum Gasteiger partial charge on any atom is 0.449 e. The lowest BCUT2D eigenvalue weighted by atomic mass is 10.0. The number of aliphatic hydroxyl groups is 1. The number of carbonyl (C=O) groups excluding carboxylic acids is 5. The van der Waals surface area contributed by atoms with Gasteiger partial charge in [-0.25, -0.2) is 4.98 Å². The summed E-state index contributed by atoms with van der Waals surface area (Å²) in [5, 5.41) is 23.8. The van der Waals surface area contributed by atoms with E-state index in [2.05, 4.69) is 36.4 Å². The van der Waals surface area contributed by atoms with E-state index in [0.29, 0.717) is 0 Å². The minimum atomic E-state index is -4.73. The second-order valence-electron chi connectivity index (χ2n) is 11.2. The quantitative estimate of drug-likeness (QED) is 0.232. The predicted molar refractivity (Wildman–Crippen MR) is 153 cm³/mol. The lowest BCUT2D eigenvalue weighted by molar-refractivity contribution is -0.144. The van der Waals surface area contributed by atoms with E-state index in [9.17, 15) is 42.3 Å². The number of aromatic amines is 1. The van der Waals surface area contributed by atoms with Gasteiger partial charge in [-0.1, -0.05) is 19.0 Å². The van der Waals surface area contributed by atoms with Gasteiger partial charge in [-0.2, -0.15) is 13.2 Å². The van der Waals surface area contributed by atoms with Crippen LogP contribution >= 0.6 is 0 Å². The van der Waals surface area contributed by atoms with Crippen LogP contribution in [0.25, 0.3) is 11.0 Å². The predicted octanol–water partition coefficient (Wildman–Crippen LogP) is 0.467. The molecule has 4 rings (SSSR count). The van der Waals surface area contributed by atoms with Gasteiger partial charge in [0.2, 0.25) is 23.5 Å². The fraction of sp³-hybridized carbons (Fsp3) is 0.464. The van der Waals surface area contributed by atoms with Crippen LogP contribution in [0.3, 0.4) is 0 Å². The van der Waals surface area contributed by atoms with Crippen molar-refractivity contribution < 1.29 is 46.8 Å². The molecule has 0 spiro atoms. The van der Waals surface area contributed by atoms with Crippen LogP contribution in [0, 0.1) is 5.92 Å². The van der Waals surface area contributed by atoms with Gasteiger partial charge in [-0.3, -0.25) is 24.0 Å². The van der Waals surface area contributed by atoms with Gasteiger partial charge < -0.3 is 40.8 Å². The van der Waals surface area contributed by atoms with Crippen molar-refractivity contribution >= 4 is 40.6 Å². The normalized spacial score (nSPS) is 21.6. The minimum Gasteiger partial charge on any atom is -0.391 e. The lowest BCUT2D eigenvalue weighted by Gasteiger charge is -2.26. The zero-order chi connectivity index (χ0) is 33.9. The van der Waals surface area contributed by atoms with Gasteiger partial charge in [0.1, 0.15) is 18.1 Å². The summed E-state index contributed by atoms with van der Waals surface area (Å²) >= 11 is 0. The molecule has 0 radical (unpaired) electrons. The van der Waals surface area contributed by atoms with Crippen LogP contribution in [0.2, 0.25) is 0 Å². The Kier molecular flexibility index (Phi) is 9.98. The summed E-state index contributed by atoms with van der Waals surface area (Å²) < 4.78 is 44.7. The van der Waals surface area contributed by atoms with Crippen molar-refractivity contribution in [1.29, 1.82) is 0 Å². The highest BCUT2D eigenvalue weighted by Crippen LogP contribution is 2.29. The number of hydrogen-bond donors (Lipinski definition) is 6. The van der Waals surface area contributed by atoms with Crippen LogP contribution in [0.5, 0.6) is 0 Å². The molecule has 2 aromatic heterocycles. The van der Waals surface area contributed by atoms with Crippen LogP contribution in [0.15, 0.2) is 28.8 Å². The Morgan fingerprint density at radius 3 is 2.39 bits per heavy atom. The Balaban J connectivity index is 1.67. The molecule has 1 aromatic carbocycles. The number of aliphatic hydroxyl groups excluding tert-OH is 1. The molecule has 3 aromatic rings. The number of aromatic nitrogens is 3. The molecular weight excluding hydrogens is 617 g/mol. The van der Waals surface area contributed by atoms with E-state index in [1.165, 1.54) is 43.0 Å². The van der Waals surface area contributed by atoms with Gasteiger partial charge in [0, 0.05) is 24.7 Å². The van der Waals surface area contributed by atoms with Crippen molar-refractivity contribution in [3.8, 4) is 0 Å². The molecule has 4 atom stereocenters. The van der Waals surface area contributed by atoms with E-state index in [4.69, 9.17) is 4.52 Å². The minimum absolute atomic E-state index is 0.0112. The largest absolute Gasteiger partial charge is 0.449 e. The molecule has 0 aliphatic carbocycles. The molecule has 2 bridgehead atoms. The average Bonchev–Trinajstić information content (AvgIpc) is 3.63. The van der Waals surface area contributed by atoms with Crippen molar-refractivity contribution in [3.05, 3.63) is 47.1 Å². The number of H-pyrrole nitrogens is 1. The van der Waals surface area contributed by atoms with Crippen molar-refractivity contribution in [3.63, 3.8) is 0 Å². The molecule has 1 aliphatic heterocycles. The summed E-state index contributed by atoms with van der Waals surface area (Å²) in [5.74, 6) is -5.33. The Labute approximate surface area is 259 Å². The molecule has 0 unspecified atom stereocenters. The molecule has 248 valence electrons. The maximum atomic E-state index is 13.6. The van der Waals surface area contributed by atoms with Gasteiger partial charge >= 0.3 is 6.18 Å². The van der Waals surface area contributed by atoms with Crippen LogP contribution in [-0.4, -0.2) is 92.0 Å². The molecule has 46 heavy (non-hydrogen) atoms. The van der Waals surface area contributed by atoms with Crippen LogP contribution in [0.4, 0.5) is 13.2 Å². The standard InChI is InChI=1S/C28H33F3N8O7/c1-12(2)20-24(43)32-7-8-39(26(45)15-5-6-17-18(9-15)35-27(34-17)28(29,30)31)11-16-10-19(38-46-16)23(42)37-21(14(4)40)25(44)33-13(3)22(41)36-20/h5-6,9-10,12-14,20-21,40H,7-8,11H2,1-4H3,(H,32,43)(H,33,44)(H,34,35)(H,36,41)(H,37,42)/t13-,14+,20-,21-/m0/s1. The van der Waals surface area contributed by atoms with Gasteiger partial charge in [0.05, 0.1) is 23.7 Å². The summed E-state index contributed by atoms with van der Waals surface area (Å²) in [4.78, 5) is 72.3. The van der Waals surface area contributed by atoms with Crippen LogP contribution < -0.4 is 21.3 Å². The van der Waals surface area contributed by atoms with Crippen LogP contribution in [-0.2, 0) is 27.1 Å². The van der Waals surface area contributed by atoms with E-state index in [-0.39, 0.29) is 47.7 Å². The summed E-state index contributed by atoms with van der Waals surface area (Å²) in [6.07, 6.45) is -6.12. The average molecular weight is 651 g/mol. The molecule has 3 heterocycles. The number of amides is 5. The smallest absolute Gasteiger partial charge is 0.391 e. The Morgan fingerprint density at radius 2 is 1.74 bits per heavy atom. The molecule has 18 heteroatoms. The Bertz CT molecular complexity index is 1630. The first-order chi connectivity index (χ1) is 21.5. The van der Waals surface area contributed by atoms with Gasteiger partial charge in [-0.05, 0) is 38.0 Å². The topological polar surface area (TPSA) is 212 Å². The Hall–Kier alpha value is -5.00. The molecule has 0 saturated carbocycles. The SMILES string of the molecule is CC(C)[C@@H]1NC(=O)[C@H](C)NC(=O)[C@H]([C@@H](C)O)NC(=O)c2cc(on2)CN(C(=O)c2ccc3nc(C(F)(F)F)[nH]c3c2)CCNC1=O. The van der Waals surface area contributed by atoms with E-state index in [0.717, 1.165) is 0 Å². The summed E-state index contributed by atoms with van der Waals surface area (Å²) in [7, 11) is 0. The zero-order valence-electron chi connectivity index (χ0n) is 25.2. The van der Waals surface area contributed by atoms with Crippen molar-refractivity contribution in [2.24, 2.45) is 5.92 Å². The number of fused-ring (bicyclic) bond motifs is 3. The van der Waals surface area contributed by atoms with E-state index >= 15 is 0 Å². The molecule has 6 N–H and O–H groups in total. The van der Waals surface area contributed by atoms with E-state index < -0.39 is 71.7 Å². The number of imidazole rings is 1. The highest BCUT2D eigenvalue weighted by molar-refractivity contribution is 5.99. The number of rotatable bonds is 3.